The third kappa shape index (κ3) is 3.39. The van der Waals surface area contributed by atoms with E-state index in [-0.39, 0.29) is 17.7 Å². The number of fused-ring (bicyclic) bond motifs is 1. The predicted molar refractivity (Wildman–Crippen MR) is 106 cm³/mol. The first-order valence-corrected chi connectivity index (χ1v) is 8.77. The number of halogens is 1. The molecule has 0 N–H and O–H groups in total. The minimum absolute atomic E-state index is 0.0337. The predicted octanol–water partition coefficient (Wildman–Crippen LogP) is 3.81. The van der Waals surface area contributed by atoms with E-state index >= 15 is 0 Å². The van der Waals surface area contributed by atoms with Crippen LogP contribution in [0.1, 0.15) is 0 Å². The molecule has 0 aliphatic heterocycles. The Labute approximate surface area is 161 Å². The van der Waals surface area contributed by atoms with E-state index in [9.17, 15) is 4.79 Å². The van der Waals surface area contributed by atoms with E-state index in [2.05, 4.69) is 15.0 Å². The maximum Gasteiger partial charge on any atom is 0.246 e. The molecule has 0 saturated heterocycles. The van der Waals surface area contributed by atoms with E-state index < -0.39 is 0 Å². The Morgan fingerprint density at radius 2 is 1.70 bits per heavy atom. The first kappa shape index (κ1) is 17.2. The molecule has 0 radical (unpaired) electrons. The van der Waals surface area contributed by atoms with E-state index in [1.54, 1.807) is 22.7 Å². The highest BCUT2D eigenvalue weighted by Gasteiger charge is 2.18. The molecule has 134 valence electrons. The molecule has 0 bridgehead atoms. The fraction of sp³-hybridized carbons (Fsp3) is 0.100. The summed E-state index contributed by atoms with van der Waals surface area (Å²) in [5.74, 6) is 0.437. The van der Waals surface area contributed by atoms with Crippen LogP contribution in [0.15, 0.2) is 66.9 Å². The number of rotatable bonds is 4. The zero-order valence-corrected chi connectivity index (χ0v) is 15.3. The van der Waals surface area contributed by atoms with Crippen molar-refractivity contribution in [2.24, 2.45) is 0 Å². The Hall–Kier alpha value is -3.25. The first-order valence-electron chi connectivity index (χ1n) is 8.39. The van der Waals surface area contributed by atoms with Crippen molar-refractivity contribution in [3.63, 3.8) is 0 Å². The number of hydrogen-bond donors (Lipinski definition) is 0. The molecule has 0 atom stereocenters. The monoisotopic (exact) mass is 377 g/mol. The quantitative estimate of drug-likeness (QED) is 0.507. The number of imidazole rings is 1. The number of hydrogen-bond acceptors (Lipinski definition) is 4. The van der Waals surface area contributed by atoms with Crippen molar-refractivity contribution in [2.75, 3.05) is 11.9 Å². The normalized spacial score (nSPS) is 10.9. The summed E-state index contributed by atoms with van der Waals surface area (Å²) in [5.41, 5.74) is 2.78. The molecule has 1 amide bonds. The molecule has 2 aromatic heterocycles. The van der Waals surface area contributed by atoms with Crippen LogP contribution >= 0.6 is 11.6 Å². The van der Waals surface area contributed by atoms with Gasteiger partial charge < -0.3 is 4.90 Å². The lowest BCUT2D eigenvalue weighted by atomic mass is 10.2. The summed E-state index contributed by atoms with van der Waals surface area (Å²) >= 11 is 6.27. The van der Waals surface area contributed by atoms with Crippen molar-refractivity contribution >= 4 is 34.4 Å². The Morgan fingerprint density at radius 3 is 2.41 bits per heavy atom. The third-order valence-corrected chi connectivity index (χ3v) is 4.57. The smallest absolute Gasteiger partial charge is 0.246 e. The molecule has 6 nitrogen and oxygen atoms in total. The average molecular weight is 378 g/mol. The van der Waals surface area contributed by atoms with Gasteiger partial charge in [-0.05, 0) is 23.7 Å². The summed E-state index contributed by atoms with van der Waals surface area (Å²) in [6.07, 6.45) is 1.62. The van der Waals surface area contributed by atoms with Crippen molar-refractivity contribution < 1.29 is 4.79 Å². The molecule has 0 saturated carbocycles. The number of para-hydroxylation sites is 1. The van der Waals surface area contributed by atoms with Crippen LogP contribution in [-0.4, -0.2) is 32.5 Å². The molecule has 0 aliphatic carbocycles. The Bertz CT molecular complexity index is 1100. The average Bonchev–Trinajstić information content (AvgIpc) is 3.03. The van der Waals surface area contributed by atoms with Gasteiger partial charge in [-0.15, -0.1) is 0 Å². The zero-order chi connectivity index (χ0) is 18.8. The number of carbonyl (C=O) groups is 1. The Balaban J connectivity index is 1.69. The largest absolute Gasteiger partial charge is 0.314 e. The topological polar surface area (TPSA) is 63.9 Å². The van der Waals surface area contributed by atoms with Crippen LogP contribution in [0.4, 0.5) is 5.69 Å². The lowest BCUT2D eigenvalue weighted by Crippen LogP contribution is -2.30. The van der Waals surface area contributed by atoms with Crippen LogP contribution in [0.5, 0.6) is 0 Å². The molecule has 0 unspecified atom stereocenters. The van der Waals surface area contributed by atoms with Gasteiger partial charge in [0.2, 0.25) is 11.2 Å². The highest BCUT2D eigenvalue weighted by atomic mass is 35.5. The highest BCUT2D eigenvalue weighted by molar-refractivity contribution is 6.29. The molecule has 4 rings (SSSR count). The maximum absolute atomic E-state index is 12.7. The number of aromatic nitrogens is 4. The van der Waals surface area contributed by atoms with E-state index in [1.807, 2.05) is 60.7 Å². The number of amides is 1. The van der Waals surface area contributed by atoms with Crippen LogP contribution in [-0.2, 0) is 11.3 Å². The lowest BCUT2D eigenvalue weighted by molar-refractivity contribution is -0.118. The zero-order valence-electron chi connectivity index (χ0n) is 14.6. The summed E-state index contributed by atoms with van der Waals surface area (Å²) in [7, 11) is 1.73. The van der Waals surface area contributed by atoms with Crippen molar-refractivity contribution in [1.82, 2.24) is 19.5 Å². The highest BCUT2D eigenvalue weighted by Crippen LogP contribution is 2.22. The van der Waals surface area contributed by atoms with E-state index in [1.165, 1.54) is 0 Å². The Kier molecular flexibility index (Phi) is 4.56. The maximum atomic E-state index is 12.7. The van der Waals surface area contributed by atoms with Gasteiger partial charge in [-0.25, -0.2) is 15.0 Å². The summed E-state index contributed by atoms with van der Waals surface area (Å²) < 4.78 is 1.60. The molecule has 7 heteroatoms. The molecule has 0 fully saturated rings. The lowest BCUT2D eigenvalue weighted by Gasteiger charge is -2.17. The van der Waals surface area contributed by atoms with Gasteiger partial charge in [0.05, 0.1) is 6.20 Å². The third-order valence-electron chi connectivity index (χ3n) is 4.28. The molecule has 0 spiro atoms. The number of nitrogens with zero attached hydrogens (tertiary/aromatic N) is 5. The molecule has 4 aromatic rings. The van der Waals surface area contributed by atoms with Crippen LogP contribution in [0.25, 0.3) is 22.6 Å². The summed E-state index contributed by atoms with van der Waals surface area (Å²) in [6, 6.07) is 19.1. The summed E-state index contributed by atoms with van der Waals surface area (Å²) in [6.45, 7) is 0.0337. The van der Waals surface area contributed by atoms with Gasteiger partial charge in [-0.2, -0.15) is 0 Å². The van der Waals surface area contributed by atoms with Crippen molar-refractivity contribution in [1.29, 1.82) is 0 Å². The fourth-order valence-corrected chi connectivity index (χ4v) is 3.03. The minimum Gasteiger partial charge on any atom is -0.314 e. The second-order valence-corrected chi connectivity index (χ2v) is 6.36. The van der Waals surface area contributed by atoms with E-state index in [4.69, 9.17) is 11.6 Å². The van der Waals surface area contributed by atoms with Crippen LogP contribution in [0.2, 0.25) is 5.28 Å². The van der Waals surface area contributed by atoms with Gasteiger partial charge in [0.1, 0.15) is 12.1 Å². The van der Waals surface area contributed by atoms with Crippen molar-refractivity contribution in [2.45, 2.75) is 6.54 Å². The van der Waals surface area contributed by atoms with Gasteiger partial charge in [-0.3, -0.25) is 9.36 Å². The number of carbonyl (C=O) groups excluding carboxylic acids is 1. The van der Waals surface area contributed by atoms with Crippen LogP contribution < -0.4 is 4.90 Å². The first-order chi connectivity index (χ1) is 13.1. The standard InChI is InChI=1S/C20H16ClN5O/c1-25(15-10-6-3-7-11-15)17(27)13-26-19-16(23-20(26)21)12-22-18(24-19)14-8-4-2-5-9-14/h2-12H,13H2,1H3. The molecule has 2 heterocycles. The summed E-state index contributed by atoms with van der Waals surface area (Å²) in [5, 5.41) is 0.208. The van der Waals surface area contributed by atoms with E-state index in [0.717, 1.165) is 11.3 Å². The number of benzene rings is 2. The van der Waals surface area contributed by atoms with Crippen molar-refractivity contribution in [3.8, 4) is 11.4 Å². The summed E-state index contributed by atoms with van der Waals surface area (Å²) in [4.78, 5) is 27.5. The van der Waals surface area contributed by atoms with Gasteiger partial charge in [0, 0.05) is 18.3 Å². The van der Waals surface area contributed by atoms with Gasteiger partial charge in [0.25, 0.3) is 0 Å². The second-order valence-electron chi connectivity index (χ2n) is 6.02. The van der Waals surface area contributed by atoms with Crippen molar-refractivity contribution in [3.05, 3.63) is 72.1 Å². The number of likely N-dealkylation sites (N-methyl/N-ethyl adjacent to an activating group) is 1. The van der Waals surface area contributed by atoms with E-state index in [0.29, 0.717) is 17.0 Å². The van der Waals surface area contributed by atoms with Crippen LogP contribution in [0.3, 0.4) is 0 Å². The fourth-order valence-electron chi connectivity index (χ4n) is 2.79. The molecule has 27 heavy (non-hydrogen) atoms. The molecule has 0 aliphatic rings. The molecular weight excluding hydrogens is 362 g/mol. The molecular formula is C20H16ClN5O. The van der Waals surface area contributed by atoms with Crippen LogP contribution in [0, 0.1) is 0 Å². The van der Waals surface area contributed by atoms with Gasteiger partial charge in [0.15, 0.2) is 11.5 Å². The Morgan fingerprint density at radius 1 is 1.04 bits per heavy atom. The second kappa shape index (κ2) is 7.17. The minimum atomic E-state index is -0.123. The number of anilines is 1. The van der Waals surface area contributed by atoms with Gasteiger partial charge >= 0.3 is 0 Å². The SMILES string of the molecule is CN(C(=O)Cn1c(Cl)nc2cnc(-c3ccccc3)nc21)c1ccccc1. The van der Waals surface area contributed by atoms with Gasteiger partial charge in [-0.1, -0.05) is 48.5 Å². The molecule has 2 aromatic carbocycles.